The Bertz CT molecular complexity index is 1300. The van der Waals surface area contributed by atoms with Crippen molar-refractivity contribution in [2.75, 3.05) is 0 Å². The third-order valence-electron chi connectivity index (χ3n) is 6.47. The highest BCUT2D eigenvalue weighted by molar-refractivity contribution is 6.64. The van der Waals surface area contributed by atoms with Crippen LogP contribution in [-0.4, -0.2) is 33.1 Å². The predicted molar refractivity (Wildman–Crippen MR) is 121 cm³/mol. The molecule has 2 heterocycles. The molecule has 1 aliphatic rings. The summed E-state index contributed by atoms with van der Waals surface area (Å²) in [5.41, 5.74) is 3.83. The van der Waals surface area contributed by atoms with Gasteiger partial charge in [-0.05, 0) is 36.1 Å². The van der Waals surface area contributed by atoms with Crippen LogP contribution in [0.5, 0.6) is 0 Å². The van der Waals surface area contributed by atoms with Crippen LogP contribution in [0.1, 0.15) is 48.2 Å². The quantitative estimate of drug-likeness (QED) is 0.381. The van der Waals surface area contributed by atoms with Crippen LogP contribution in [0, 0.1) is 0 Å². The van der Waals surface area contributed by atoms with E-state index in [0.717, 1.165) is 11.0 Å². The van der Waals surface area contributed by atoms with E-state index in [9.17, 15) is 19.2 Å². The Morgan fingerprint density at radius 1 is 0.594 bits per heavy atom. The third kappa shape index (κ3) is 2.72. The number of benzene rings is 2. The van der Waals surface area contributed by atoms with E-state index in [-0.39, 0.29) is 0 Å². The first kappa shape index (κ1) is 20.1. The molecular weight excluding hydrogens is 404 g/mol. The fourth-order valence-electron chi connectivity index (χ4n) is 4.99. The lowest BCUT2D eigenvalue weighted by atomic mass is 9.71. The van der Waals surface area contributed by atoms with E-state index >= 15 is 0 Å². The van der Waals surface area contributed by atoms with Gasteiger partial charge in [-0.1, -0.05) is 50.2 Å². The SMILES string of the molecule is CCc1[nH]c2ccccc2c1C1C(=O)C(=O)C(c2c(CC)[nH]c3ccccc23)C(=O)C1=O. The number of nitrogens with one attached hydrogen (secondary N) is 2. The molecule has 1 fully saturated rings. The second-order valence-electron chi connectivity index (χ2n) is 8.16. The number of Topliss-reactive ketones (excluding diaryl/α,β-unsaturated/α-hetero) is 4. The summed E-state index contributed by atoms with van der Waals surface area (Å²) in [6.07, 6.45) is 1.07. The first-order valence-electron chi connectivity index (χ1n) is 10.8. The molecule has 5 rings (SSSR count). The summed E-state index contributed by atoms with van der Waals surface area (Å²) in [4.78, 5) is 60.0. The first-order valence-corrected chi connectivity index (χ1v) is 10.8. The van der Waals surface area contributed by atoms with Crippen molar-refractivity contribution < 1.29 is 19.2 Å². The molecule has 0 bridgehead atoms. The predicted octanol–water partition coefficient (Wildman–Crippen LogP) is 3.93. The van der Waals surface area contributed by atoms with Crippen LogP contribution in [0.2, 0.25) is 0 Å². The second-order valence-corrected chi connectivity index (χ2v) is 8.16. The van der Waals surface area contributed by atoms with Crippen molar-refractivity contribution in [2.45, 2.75) is 38.5 Å². The maximum atomic E-state index is 13.4. The maximum absolute atomic E-state index is 13.4. The van der Waals surface area contributed by atoms with Gasteiger partial charge in [0.05, 0.1) is 0 Å². The van der Waals surface area contributed by atoms with Crippen molar-refractivity contribution in [3.05, 3.63) is 71.0 Å². The largest absolute Gasteiger partial charge is 0.358 e. The van der Waals surface area contributed by atoms with E-state index in [1.807, 2.05) is 50.2 Å². The van der Waals surface area contributed by atoms with Crippen molar-refractivity contribution in [2.24, 2.45) is 0 Å². The van der Waals surface area contributed by atoms with E-state index < -0.39 is 35.0 Å². The molecule has 0 spiro atoms. The van der Waals surface area contributed by atoms with Gasteiger partial charge in [-0.2, -0.15) is 0 Å². The number of aromatic amines is 2. The number of carbonyl (C=O) groups excluding carboxylic acids is 4. The second kappa shape index (κ2) is 7.41. The minimum Gasteiger partial charge on any atom is -0.358 e. The number of H-pyrrole nitrogens is 2. The number of hydrogen-bond acceptors (Lipinski definition) is 4. The Labute approximate surface area is 184 Å². The van der Waals surface area contributed by atoms with Crippen LogP contribution in [0.15, 0.2) is 48.5 Å². The molecule has 0 radical (unpaired) electrons. The van der Waals surface area contributed by atoms with Gasteiger partial charge in [-0.25, -0.2) is 0 Å². The lowest BCUT2D eigenvalue weighted by Gasteiger charge is -2.25. The number of aromatic nitrogens is 2. The van der Waals surface area contributed by atoms with Crippen LogP contribution in [0.4, 0.5) is 0 Å². The number of ketones is 4. The molecule has 0 atom stereocenters. The van der Waals surface area contributed by atoms with Gasteiger partial charge in [-0.15, -0.1) is 0 Å². The molecule has 0 unspecified atom stereocenters. The van der Waals surface area contributed by atoms with E-state index in [0.29, 0.717) is 46.1 Å². The molecule has 2 aromatic carbocycles. The van der Waals surface area contributed by atoms with E-state index in [2.05, 4.69) is 9.97 Å². The molecule has 4 aromatic rings. The van der Waals surface area contributed by atoms with Crippen molar-refractivity contribution in [3.8, 4) is 0 Å². The van der Waals surface area contributed by atoms with Gasteiger partial charge < -0.3 is 9.97 Å². The number of carbonyl (C=O) groups is 4. The number of fused-ring (bicyclic) bond motifs is 2. The maximum Gasteiger partial charge on any atom is 0.214 e. The lowest BCUT2D eigenvalue weighted by molar-refractivity contribution is -0.151. The Morgan fingerprint density at radius 3 is 1.28 bits per heavy atom. The van der Waals surface area contributed by atoms with Gasteiger partial charge in [-0.3, -0.25) is 19.2 Å². The lowest BCUT2D eigenvalue weighted by Crippen LogP contribution is -2.46. The normalized spacial score (nSPS) is 19.4. The Hall–Kier alpha value is -3.80. The molecule has 6 nitrogen and oxygen atoms in total. The van der Waals surface area contributed by atoms with Gasteiger partial charge in [0.1, 0.15) is 11.8 Å². The molecule has 1 saturated carbocycles. The standard InChI is InChI=1S/C26H22N2O4/c1-3-15-19(13-9-5-7-11-17(13)27-15)21-23(29)25(31)22(26(32)24(21)30)20-14-10-6-8-12-18(14)28-16(20)4-2/h5-12,21-22,27-28H,3-4H2,1-2H3. The molecular formula is C26H22N2O4. The highest BCUT2D eigenvalue weighted by Gasteiger charge is 2.52. The van der Waals surface area contributed by atoms with E-state index in [1.165, 1.54) is 0 Å². The van der Waals surface area contributed by atoms with Crippen LogP contribution in [0.25, 0.3) is 21.8 Å². The van der Waals surface area contributed by atoms with Crippen LogP contribution in [-0.2, 0) is 32.0 Å². The smallest absolute Gasteiger partial charge is 0.214 e. The molecule has 2 N–H and O–H groups in total. The third-order valence-corrected chi connectivity index (χ3v) is 6.47. The zero-order chi connectivity index (χ0) is 22.6. The summed E-state index contributed by atoms with van der Waals surface area (Å²) in [6.45, 7) is 3.80. The van der Waals surface area contributed by atoms with Crippen LogP contribution < -0.4 is 0 Å². The van der Waals surface area contributed by atoms with Crippen molar-refractivity contribution in [3.63, 3.8) is 0 Å². The van der Waals surface area contributed by atoms with Gasteiger partial charge in [0, 0.05) is 33.2 Å². The monoisotopic (exact) mass is 426 g/mol. The molecule has 6 heteroatoms. The van der Waals surface area contributed by atoms with E-state index in [4.69, 9.17) is 0 Å². The zero-order valence-corrected chi connectivity index (χ0v) is 17.8. The Kier molecular flexibility index (Phi) is 4.66. The summed E-state index contributed by atoms with van der Waals surface area (Å²) in [5.74, 6) is -6.05. The summed E-state index contributed by atoms with van der Waals surface area (Å²) in [5, 5.41) is 1.38. The Balaban J connectivity index is 1.67. The van der Waals surface area contributed by atoms with Crippen molar-refractivity contribution in [1.82, 2.24) is 9.97 Å². The topological polar surface area (TPSA) is 99.9 Å². The van der Waals surface area contributed by atoms with Gasteiger partial charge in [0.25, 0.3) is 0 Å². The van der Waals surface area contributed by atoms with E-state index in [1.54, 1.807) is 12.1 Å². The molecule has 0 amide bonds. The number of rotatable bonds is 4. The van der Waals surface area contributed by atoms with Crippen LogP contribution in [0.3, 0.4) is 0 Å². The molecule has 32 heavy (non-hydrogen) atoms. The summed E-state index contributed by atoms with van der Waals surface area (Å²) in [6, 6.07) is 14.6. The summed E-state index contributed by atoms with van der Waals surface area (Å²) < 4.78 is 0. The average Bonchev–Trinajstić information content (AvgIpc) is 3.37. The number of aryl methyl sites for hydroxylation is 2. The summed E-state index contributed by atoms with van der Waals surface area (Å²) >= 11 is 0. The zero-order valence-electron chi connectivity index (χ0n) is 17.8. The van der Waals surface area contributed by atoms with Crippen LogP contribution >= 0.6 is 0 Å². The Morgan fingerprint density at radius 2 is 0.938 bits per heavy atom. The number of hydrogen-bond donors (Lipinski definition) is 2. The minimum atomic E-state index is -1.40. The fraction of sp³-hybridized carbons (Fsp3) is 0.231. The first-order chi connectivity index (χ1) is 15.5. The fourth-order valence-corrected chi connectivity index (χ4v) is 4.99. The summed E-state index contributed by atoms with van der Waals surface area (Å²) in [7, 11) is 0. The molecule has 2 aromatic heterocycles. The molecule has 0 aliphatic heterocycles. The highest BCUT2D eigenvalue weighted by atomic mass is 16.2. The highest BCUT2D eigenvalue weighted by Crippen LogP contribution is 2.40. The van der Waals surface area contributed by atoms with Crippen molar-refractivity contribution in [1.29, 1.82) is 0 Å². The molecule has 0 saturated heterocycles. The molecule has 160 valence electrons. The van der Waals surface area contributed by atoms with Gasteiger partial charge in [0.15, 0.2) is 0 Å². The average molecular weight is 426 g/mol. The van der Waals surface area contributed by atoms with Gasteiger partial charge >= 0.3 is 0 Å². The number of para-hydroxylation sites is 2. The van der Waals surface area contributed by atoms with Gasteiger partial charge in [0.2, 0.25) is 23.1 Å². The molecule has 1 aliphatic carbocycles. The van der Waals surface area contributed by atoms with Crippen molar-refractivity contribution >= 4 is 44.9 Å². The minimum absolute atomic E-state index is 0.452.